The van der Waals surface area contributed by atoms with E-state index in [0.717, 1.165) is 42.2 Å². The molecule has 5 nitrogen and oxygen atoms in total. The van der Waals surface area contributed by atoms with E-state index in [0.29, 0.717) is 12.5 Å². The van der Waals surface area contributed by atoms with Crippen molar-refractivity contribution in [3.63, 3.8) is 0 Å². The average molecular weight is 276 g/mol. The Bertz CT molecular complexity index is 544. The first-order valence-corrected chi connectivity index (χ1v) is 6.98. The van der Waals surface area contributed by atoms with Gasteiger partial charge in [0.2, 0.25) is 0 Å². The number of ether oxygens (including phenoxy) is 2. The smallest absolute Gasteiger partial charge is 0.310 e. The van der Waals surface area contributed by atoms with Crippen molar-refractivity contribution in [3.8, 4) is 5.75 Å². The van der Waals surface area contributed by atoms with E-state index in [2.05, 4.69) is 9.88 Å². The number of hydrogen-bond donors (Lipinski definition) is 0. The number of carbonyl (C=O) groups is 1. The molecule has 3 rings (SSSR count). The Labute approximate surface area is 118 Å². The number of rotatable bonds is 3. The molecule has 0 saturated carbocycles. The Balaban J connectivity index is 1.75. The van der Waals surface area contributed by atoms with Crippen molar-refractivity contribution >= 4 is 5.97 Å². The first kappa shape index (κ1) is 13.4. The van der Waals surface area contributed by atoms with Crippen molar-refractivity contribution in [1.82, 2.24) is 9.88 Å². The lowest BCUT2D eigenvalue weighted by Crippen LogP contribution is -2.24. The van der Waals surface area contributed by atoms with Gasteiger partial charge < -0.3 is 9.47 Å². The number of aryl methyl sites for hydroxylation is 1. The third-order valence-corrected chi connectivity index (χ3v) is 4.38. The van der Waals surface area contributed by atoms with E-state index in [1.165, 1.54) is 0 Å². The summed E-state index contributed by atoms with van der Waals surface area (Å²) in [6, 6.07) is 0. The second-order valence-corrected chi connectivity index (χ2v) is 5.74. The molecule has 0 aliphatic carbocycles. The topological polar surface area (TPSA) is 51.7 Å². The van der Waals surface area contributed by atoms with Crippen LogP contribution in [0.5, 0.6) is 5.75 Å². The molecule has 0 spiro atoms. The van der Waals surface area contributed by atoms with Crippen LogP contribution in [0.15, 0.2) is 6.20 Å². The van der Waals surface area contributed by atoms with Crippen LogP contribution < -0.4 is 4.74 Å². The molecule has 3 heterocycles. The fraction of sp³-hybridized carbons (Fsp3) is 0.600. The molecule has 0 N–H and O–H groups in total. The van der Waals surface area contributed by atoms with Gasteiger partial charge in [0, 0.05) is 42.9 Å². The van der Waals surface area contributed by atoms with Crippen LogP contribution >= 0.6 is 0 Å². The number of methoxy groups -OCH3 is 1. The molecule has 5 heteroatoms. The number of pyridine rings is 1. The highest BCUT2D eigenvalue weighted by molar-refractivity contribution is 5.75. The second-order valence-electron chi connectivity index (χ2n) is 5.74. The van der Waals surface area contributed by atoms with Gasteiger partial charge in [0.1, 0.15) is 5.75 Å². The zero-order valence-corrected chi connectivity index (χ0v) is 12.2. The third kappa shape index (κ3) is 2.16. The normalized spacial score (nSPS) is 25.6. The molecular formula is C15H20N2O3. The highest BCUT2D eigenvalue weighted by atomic mass is 16.5. The van der Waals surface area contributed by atoms with E-state index in [1.807, 2.05) is 20.0 Å². The number of likely N-dealkylation sites (tertiary alicyclic amines) is 1. The number of esters is 1. The van der Waals surface area contributed by atoms with E-state index < -0.39 is 0 Å². The average Bonchev–Trinajstić information content (AvgIpc) is 2.96. The van der Waals surface area contributed by atoms with E-state index in [1.54, 1.807) is 7.11 Å². The largest absolute Gasteiger partial charge is 0.496 e. The second kappa shape index (κ2) is 5.05. The van der Waals surface area contributed by atoms with E-state index >= 15 is 0 Å². The number of nitrogens with zero attached hydrogens (tertiary/aromatic N) is 2. The first-order chi connectivity index (χ1) is 9.60. The lowest BCUT2D eigenvalue weighted by molar-refractivity contribution is -0.141. The van der Waals surface area contributed by atoms with Gasteiger partial charge in [0.05, 0.1) is 25.3 Å². The molecule has 2 aliphatic heterocycles. The predicted molar refractivity (Wildman–Crippen MR) is 73.5 cm³/mol. The third-order valence-electron chi connectivity index (χ3n) is 4.38. The minimum Gasteiger partial charge on any atom is -0.496 e. The molecule has 2 atom stereocenters. The van der Waals surface area contributed by atoms with Crippen molar-refractivity contribution in [1.29, 1.82) is 0 Å². The Kier molecular flexibility index (Phi) is 3.38. The summed E-state index contributed by atoms with van der Waals surface area (Å²) in [5, 5.41) is 0. The lowest BCUT2D eigenvalue weighted by atomic mass is 10.0. The highest BCUT2D eigenvalue weighted by Crippen LogP contribution is 2.32. The maximum Gasteiger partial charge on any atom is 0.310 e. The van der Waals surface area contributed by atoms with Crippen LogP contribution in [0.25, 0.3) is 0 Å². The van der Waals surface area contributed by atoms with Gasteiger partial charge in [-0.05, 0) is 13.8 Å². The molecule has 2 fully saturated rings. The fourth-order valence-corrected chi connectivity index (χ4v) is 3.26. The number of aromatic nitrogens is 1. The Morgan fingerprint density at radius 1 is 1.45 bits per heavy atom. The quantitative estimate of drug-likeness (QED) is 0.779. The van der Waals surface area contributed by atoms with Crippen molar-refractivity contribution < 1.29 is 14.3 Å². The number of cyclic esters (lactones) is 1. The lowest BCUT2D eigenvalue weighted by Gasteiger charge is -2.19. The molecule has 20 heavy (non-hydrogen) atoms. The molecule has 0 unspecified atom stereocenters. The molecule has 0 aromatic carbocycles. The number of fused-ring (bicyclic) bond motifs is 1. The molecule has 1 aromatic heterocycles. The van der Waals surface area contributed by atoms with Crippen LogP contribution in [0.3, 0.4) is 0 Å². The van der Waals surface area contributed by atoms with Crippen LogP contribution in [0, 0.1) is 25.7 Å². The molecule has 0 radical (unpaired) electrons. The summed E-state index contributed by atoms with van der Waals surface area (Å²) in [5.74, 6) is 1.29. The Hall–Kier alpha value is -1.62. The van der Waals surface area contributed by atoms with Crippen LogP contribution in [0.1, 0.15) is 16.8 Å². The van der Waals surface area contributed by atoms with Crippen LogP contribution in [0.2, 0.25) is 0 Å². The van der Waals surface area contributed by atoms with Crippen LogP contribution in [0.4, 0.5) is 0 Å². The van der Waals surface area contributed by atoms with Gasteiger partial charge in [-0.2, -0.15) is 0 Å². The Morgan fingerprint density at radius 3 is 2.95 bits per heavy atom. The number of carbonyl (C=O) groups excluding carboxylic acids is 1. The van der Waals surface area contributed by atoms with Crippen molar-refractivity contribution in [2.75, 3.05) is 26.8 Å². The van der Waals surface area contributed by atoms with E-state index in [9.17, 15) is 4.79 Å². The zero-order chi connectivity index (χ0) is 14.3. The summed E-state index contributed by atoms with van der Waals surface area (Å²) in [4.78, 5) is 18.4. The maximum absolute atomic E-state index is 11.6. The maximum atomic E-state index is 11.6. The summed E-state index contributed by atoms with van der Waals surface area (Å²) in [7, 11) is 1.69. The first-order valence-electron chi connectivity index (χ1n) is 6.98. The van der Waals surface area contributed by atoms with Gasteiger partial charge in [0.15, 0.2) is 0 Å². The van der Waals surface area contributed by atoms with Crippen LogP contribution in [-0.4, -0.2) is 42.7 Å². The summed E-state index contributed by atoms with van der Waals surface area (Å²) in [6.45, 7) is 7.07. The molecule has 1 aromatic rings. The van der Waals surface area contributed by atoms with Crippen molar-refractivity contribution in [2.24, 2.45) is 11.8 Å². The minimum atomic E-state index is -0.0383. The van der Waals surface area contributed by atoms with Gasteiger partial charge >= 0.3 is 5.97 Å². The molecule has 2 aliphatic rings. The van der Waals surface area contributed by atoms with E-state index in [-0.39, 0.29) is 11.9 Å². The number of hydrogen-bond acceptors (Lipinski definition) is 5. The van der Waals surface area contributed by atoms with Gasteiger partial charge in [-0.25, -0.2) is 0 Å². The van der Waals surface area contributed by atoms with Crippen LogP contribution in [-0.2, 0) is 16.1 Å². The van der Waals surface area contributed by atoms with Gasteiger partial charge in [-0.1, -0.05) is 0 Å². The van der Waals surface area contributed by atoms with Crippen molar-refractivity contribution in [2.45, 2.75) is 20.4 Å². The predicted octanol–water partition coefficient (Wildman–Crippen LogP) is 1.31. The fourth-order valence-electron chi connectivity index (χ4n) is 3.26. The minimum absolute atomic E-state index is 0.0383. The molecule has 2 saturated heterocycles. The molecule has 0 bridgehead atoms. The standard InChI is InChI=1S/C15H20N2O3/c1-9-4-16-13(10(2)14(9)19-3)7-17-5-11-8-20-15(18)12(11)6-17/h4,11-12H,5-8H2,1-3H3/t11-,12-/m1/s1. The Morgan fingerprint density at radius 2 is 2.25 bits per heavy atom. The van der Waals surface area contributed by atoms with Gasteiger partial charge in [-0.3, -0.25) is 14.7 Å². The molecular weight excluding hydrogens is 256 g/mol. The summed E-state index contributed by atoms with van der Waals surface area (Å²) >= 11 is 0. The van der Waals surface area contributed by atoms with Crippen molar-refractivity contribution in [3.05, 3.63) is 23.0 Å². The SMILES string of the molecule is COc1c(C)cnc(CN2C[C@@H]3COC(=O)[C@@H]3C2)c1C. The highest BCUT2D eigenvalue weighted by Gasteiger charge is 2.43. The van der Waals surface area contributed by atoms with Gasteiger partial charge in [-0.15, -0.1) is 0 Å². The molecule has 0 amide bonds. The van der Waals surface area contributed by atoms with Gasteiger partial charge in [0.25, 0.3) is 0 Å². The summed E-state index contributed by atoms with van der Waals surface area (Å²) in [6.07, 6.45) is 1.85. The van der Waals surface area contributed by atoms with E-state index in [4.69, 9.17) is 9.47 Å². The monoisotopic (exact) mass is 276 g/mol. The zero-order valence-electron chi connectivity index (χ0n) is 12.2. The summed E-state index contributed by atoms with van der Waals surface area (Å²) < 4.78 is 10.5. The molecule has 108 valence electrons. The summed E-state index contributed by atoms with van der Waals surface area (Å²) in [5.41, 5.74) is 3.17.